The lowest BCUT2D eigenvalue weighted by atomic mass is 9.77. The van der Waals surface area contributed by atoms with Crippen LogP contribution in [0.5, 0.6) is 0 Å². The predicted octanol–water partition coefficient (Wildman–Crippen LogP) is 2.14. The topological polar surface area (TPSA) is 42.7 Å². The summed E-state index contributed by atoms with van der Waals surface area (Å²) in [6, 6.07) is 0. The summed E-state index contributed by atoms with van der Waals surface area (Å²) >= 11 is 0. The maximum atomic E-state index is 4.86. The zero-order chi connectivity index (χ0) is 13.4. The van der Waals surface area contributed by atoms with E-state index in [4.69, 9.17) is 4.98 Å². The van der Waals surface area contributed by atoms with Gasteiger partial charge in [0.15, 0.2) is 5.82 Å². The first-order chi connectivity index (χ1) is 8.39. The Morgan fingerprint density at radius 2 is 2.11 bits per heavy atom. The average molecular weight is 250 g/mol. The molecular formula is C14H26N4. The van der Waals surface area contributed by atoms with Crippen LogP contribution >= 0.6 is 0 Å². The number of rotatable bonds is 2. The fourth-order valence-corrected chi connectivity index (χ4v) is 2.78. The molecule has 0 saturated carbocycles. The van der Waals surface area contributed by atoms with E-state index in [-0.39, 0.29) is 10.8 Å². The van der Waals surface area contributed by atoms with Crippen molar-refractivity contribution in [1.29, 1.82) is 0 Å². The number of nitrogens with zero attached hydrogens (tertiary/aromatic N) is 3. The van der Waals surface area contributed by atoms with Gasteiger partial charge in [0, 0.05) is 24.4 Å². The Labute approximate surface area is 110 Å². The molecule has 1 unspecified atom stereocenters. The second-order valence-corrected chi connectivity index (χ2v) is 6.55. The van der Waals surface area contributed by atoms with Gasteiger partial charge in [-0.2, -0.15) is 5.10 Å². The van der Waals surface area contributed by atoms with Crippen LogP contribution in [0.1, 0.15) is 58.6 Å². The van der Waals surface area contributed by atoms with Crippen LogP contribution in [0.2, 0.25) is 0 Å². The minimum atomic E-state index is 0.0209. The van der Waals surface area contributed by atoms with Crippen LogP contribution in [0.25, 0.3) is 0 Å². The fraction of sp³-hybridized carbons (Fsp3) is 0.857. The van der Waals surface area contributed by atoms with Crippen LogP contribution in [0.3, 0.4) is 0 Å². The Balaban J connectivity index is 2.40. The van der Waals surface area contributed by atoms with E-state index in [1.54, 1.807) is 0 Å². The Hall–Kier alpha value is -0.900. The van der Waals surface area contributed by atoms with E-state index in [0.29, 0.717) is 0 Å². The highest BCUT2D eigenvalue weighted by molar-refractivity contribution is 5.14. The van der Waals surface area contributed by atoms with E-state index in [1.165, 1.54) is 12.8 Å². The summed E-state index contributed by atoms with van der Waals surface area (Å²) in [4.78, 5) is 4.86. The van der Waals surface area contributed by atoms with Gasteiger partial charge >= 0.3 is 0 Å². The smallest absolute Gasteiger partial charge is 0.156 e. The lowest BCUT2D eigenvalue weighted by molar-refractivity contribution is 0.279. The third kappa shape index (κ3) is 2.30. The highest BCUT2D eigenvalue weighted by Crippen LogP contribution is 2.34. The molecule has 1 aliphatic heterocycles. The maximum Gasteiger partial charge on any atom is 0.156 e. The summed E-state index contributed by atoms with van der Waals surface area (Å²) in [5, 5.41) is 8.15. The van der Waals surface area contributed by atoms with Crippen molar-refractivity contribution in [1.82, 2.24) is 20.1 Å². The maximum absolute atomic E-state index is 4.86. The minimum absolute atomic E-state index is 0.0209. The van der Waals surface area contributed by atoms with Crippen LogP contribution in [0.15, 0.2) is 0 Å². The first kappa shape index (κ1) is 13.5. The molecular weight excluding hydrogens is 224 g/mol. The average Bonchev–Trinajstić information content (AvgIpc) is 2.73. The molecule has 1 aromatic heterocycles. The monoisotopic (exact) mass is 250 g/mol. The zero-order valence-electron chi connectivity index (χ0n) is 12.4. The molecule has 18 heavy (non-hydrogen) atoms. The molecule has 0 spiro atoms. The molecule has 1 fully saturated rings. The first-order valence-corrected chi connectivity index (χ1v) is 7.02. The van der Waals surface area contributed by atoms with Crippen molar-refractivity contribution < 1.29 is 0 Å². The summed E-state index contributed by atoms with van der Waals surface area (Å²) in [6.45, 7) is 10.9. The van der Waals surface area contributed by atoms with Gasteiger partial charge in [-0.1, -0.05) is 27.7 Å². The van der Waals surface area contributed by atoms with Gasteiger partial charge in [-0.3, -0.25) is 4.68 Å². The normalized spacial score (nSPS) is 25.4. The number of aromatic nitrogens is 3. The molecule has 1 N–H and O–H groups in total. The number of nitrogens with one attached hydrogen (secondary N) is 1. The molecule has 4 heteroatoms. The lowest BCUT2D eigenvalue weighted by Crippen LogP contribution is -2.44. The number of hydrogen-bond donors (Lipinski definition) is 1. The standard InChI is InChI=1S/C14H26N4/c1-6-14(8-7-9-15-10-14)12-16-11(13(2,3)4)17-18(12)5/h15H,6-10H2,1-5H3. The molecule has 2 heterocycles. The van der Waals surface area contributed by atoms with Crippen LogP contribution in [0.4, 0.5) is 0 Å². The second-order valence-electron chi connectivity index (χ2n) is 6.55. The van der Waals surface area contributed by atoms with Gasteiger partial charge in [-0.25, -0.2) is 4.98 Å². The van der Waals surface area contributed by atoms with E-state index in [2.05, 4.69) is 38.1 Å². The number of piperidine rings is 1. The number of aryl methyl sites for hydroxylation is 1. The fourth-order valence-electron chi connectivity index (χ4n) is 2.78. The largest absolute Gasteiger partial charge is 0.316 e. The Bertz CT molecular complexity index is 408. The predicted molar refractivity (Wildman–Crippen MR) is 73.8 cm³/mol. The van der Waals surface area contributed by atoms with Gasteiger partial charge in [0.25, 0.3) is 0 Å². The molecule has 102 valence electrons. The Morgan fingerprint density at radius 3 is 2.56 bits per heavy atom. The molecule has 0 bridgehead atoms. The summed E-state index contributed by atoms with van der Waals surface area (Å²) < 4.78 is 2.00. The van der Waals surface area contributed by atoms with Crippen molar-refractivity contribution in [3.63, 3.8) is 0 Å². The Morgan fingerprint density at radius 1 is 1.39 bits per heavy atom. The van der Waals surface area contributed by atoms with E-state index in [0.717, 1.165) is 31.2 Å². The molecule has 1 saturated heterocycles. The van der Waals surface area contributed by atoms with Crippen molar-refractivity contribution in [3.05, 3.63) is 11.6 Å². The molecule has 4 nitrogen and oxygen atoms in total. The van der Waals surface area contributed by atoms with Crippen molar-refractivity contribution in [2.24, 2.45) is 7.05 Å². The van der Waals surface area contributed by atoms with E-state index < -0.39 is 0 Å². The molecule has 1 aliphatic rings. The quantitative estimate of drug-likeness (QED) is 0.874. The van der Waals surface area contributed by atoms with Crippen molar-refractivity contribution in [2.75, 3.05) is 13.1 Å². The van der Waals surface area contributed by atoms with Crippen molar-refractivity contribution in [2.45, 2.75) is 57.8 Å². The van der Waals surface area contributed by atoms with Crippen LogP contribution in [-0.2, 0) is 17.9 Å². The second kappa shape index (κ2) is 4.65. The highest BCUT2D eigenvalue weighted by atomic mass is 15.3. The van der Waals surface area contributed by atoms with Crippen molar-refractivity contribution >= 4 is 0 Å². The zero-order valence-corrected chi connectivity index (χ0v) is 12.4. The van der Waals surface area contributed by atoms with Gasteiger partial charge in [-0.15, -0.1) is 0 Å². The molecule has 1 aromatic rings. The molecule has 2 rings (SSSR count). The minimum Gasteiger partial charge on any atom is -0.316 e. The lowest BCUT2D eigenvalue weighted by Gasteiger charge is -2.35. The summed E-state index contributed by atoms with van der Waals surface area (Å²) in [6.07, 6.45) is 3.56. The molecule has 0 aliphatic carbocycles. The van der Waals surface area contributed by atoms with Gasteiger partial charge in [0.05, 0.1) is 0 Å². The van der Waals surface area contributed by atoms with E-state index in [9.17, 15) is 0 Å². The molecule has 1 atom stereocenters. The first-order valence-electron chi connectivity index (χ1n) is 7.02. The van der Waals surface area contributed by atoms with Gasteiger partial charge in [0.1, 0.15) is 5.82 Å². The summed E-state index contributed by atoms with van der Waals surface area (Å²) in [5.74, 6) is 2.11. The van der Waals surface area contributed by atoms with Crippen LogP contribution in [0, 0.1) is 0 Å². The molecule has 0 radical (unpaired) electrons. The molecule has 0 aromatic carbocycles. The SMILES string of the molecule is CCC1(c2nc(C(C)(C)C)nn2C)CCCNC1. The van der Waals surface area contributed by atoms with Gasteiger partial charge in [0.2, 0.25) is 0 Å². The summed E-state index contributed by atoms with van der Waals surface area (Å²) in [7, 11) is 2.03. The van der Waals surface area contributed by atoms with Crippen molar-refractivity contribution in [3.8, 4) is 0 Å². The van der Waals surface area contributed by atoms with Crippen LogP contribution in [-0.4, -0.2) is 27.9 Å². The van der Waals surface area contributed by atoms with E-state index in [1.807, 2.05) is 11.7 Å². The van der Waals surface area contributed by atoms with Gasteiger partial charge in [-0.05, 0) is 25.8 Å². The summed E-state index contributed by atoms with van der Waals surface area (Å²) in [5.41, 5.74) is 0.191. The molecule has 0 amide bonds. The van der Waals surface area contributed by atoms with Gasteiger partial charge < -0.3 is 5.32 Å². The highest BCUT2D eigenvalue weighted by Gasteiger charge is 2.37. The third-order valence-electron chi connectivity index (χ3n) is 4.06. The van der Waals surface area contributed by atoms with Crippen LogP contribution < -0.4 is 5.32 Å². The Kier molecular flexibility index (Phi) is 3.49. The number of hydrogen-bond acceptors (Lipinski definition) is 3. The third-order valence-corrected chi connectivity index (χ3v) is 4.06. The van der Waals surface area contributed by atoms with E-state index >= 15 is 0 Å².